The number of nitrogens with zero attached hydrogens (tertiary/aromatic N) is 3. The second-order valence-electron chi connectivity index (χ2n) is 7.64. The Kier molecular flexibility index (Phi) is 5.72. The average molecular weight is 386 g/mol. The van der Waals surface area contributed by atoms with Gasteiger partial charge in [-0.25, -0.2) is 0 Å². The Morgan fingerprint density at radius 2 is 1.81 bits per heavy atom. The second-order valence-corrected chi connectivity index (χ2v) is 8.73. The molecule has 1 aliphatic heterocycles. The van der Waals surface area contributed by atoms with E-state index in [1.807, 2.05) is 12.1 Å². The molecule has 0 radical (unpaired) electrons. The van der Waals surface area contributed by atoms with Gasteiger partial charge in [0.25, 0.3) is 0 Å². The Morgan fingerprint density at radius 3 is 2.48 bits per heavy atom. The number of carbonyl (C=O) groups excluding carboxylic acids is 1. The van der Waals surface area contributed by atoms with Crippen molar-refractivity contribution >= 4 is 17.2 Å². The molecule has 1 amide bonds. The molecule has 0 spiro atoms. The molecule has 4 rings (SSSR count). The lowest BCUT2D eigenvalue weighted by Gasteiger charge is -2.32. The third-order valence-electron chi connectivity index (χ3n) is 5.86. The Balaban J connectivity index is 1.31. The van der Waals surface area contributed by atoms with Crippen molar-refractivity contribution in [1.29, 1.82) is 0 Å². The summed E-state index contributed by atoms with van der Waals surface area (Å²) in [6, 6.07) is 8.11. The highest BCUT2D eigenvalue weighted by atomic mass is 32.1. The topological polar surface area (TPSA) is 55.3 Å². The second kappa shape index (κ2) is 8.38. The molecule has 0 bridgehead atoms. The third-order valence-corrected chi connectivity index (χ3v) is 6.94. The summed E-state index contributed by atoms with van der Waals surface area (Å²) in [5.41, 5.74) is 1.22. The van der Waals surface area contributed by atoms with Gasteiger partial charge in [-0.05, 0) is 43.4 Å². The first-order chi connectivity index (χ1) is 13.2. The fraction of sp³-hybridized carbons (Fsp3) is 0.571. The van der Waals surface area contributed by atoms with E-state index in [4.69, 9.17) is 4.74 Å². The number of piperidine rings is 1. The van der Waals surface area contributed by atoms with E-state index in [2.05, 4.69) is 27.2 Å². The molecule has 1 aliphatic carbocycles. The van der Waals surface area contributed by atoms with Crippen LogP contribution in [0.3, 0.4) is 0 Å². The summed E-state index contributed by atoms with van der Waals surface area (Å²) < 4.78 is 5.21. The van der Waals surface area contributed by atoms with E-state index in [1.165, 1.54) is 18.4 Å². The van der Waals surface area contributed by atoms with E-state index in [0.717, 1.165) is 61.0 Å². The molecule has 1 aromatic carbocycles. The lowest BCUT2D eigenvalue weighted by Crippen LogP contribution is -2.40. The van der Waals surface area contributed by atoms with E-state index >= 15 is 0 Å². The fourth-order valence-corrected chi connectivity index (χ4v) is 5.24. The average Bonchev–Trinajstić information content (AvgIpc) is 3.41. The van der Waals surface area contributed by atoms with E-state index < -0.39 is 0 Å². The molecular weight excluding hydrogens is 358 g/mol. The predicted molar refractivity (Wildman–Crippen MR) is 106 cm³/mol. The largest absolute Gasteiger partial charge is 0.497 e. The maximum Gasteiger partial charge on any atom is 0.225 e. The molecule has 2 aromatic rings. The van der Waals surface area contributed by atoms with Crippen LogP contribution in [0.2, 0.25) is 0 Å². The number of amides is 1. The third kappa shape index (κ3) is 4.32. The molecular formula is C21H27N3O2S. The van der Waals surface area contributed by atoms with Crippen LogP contribution in [0.25, 0.3) is 0 Å². The van der Waals surface area contributed by atoms with E-state index in [-0.39, 0.29) is 0 Å². The molecule has 5 nitrogen and oxygen atoms in total. The standard InChI is InChI=1S/C21H27N3O2S/c1-26-18-8-6-15(7-9-18)14-19-22-23-20(27-19)16-10-12-24(13-11-16)21(25)17-4-2-3-5-17/h6-9,16-17H,2-5,10-14H2,1H3. The van der Waals surface area contributed by atoms with Crippen molar-refractivity contribution in [1.82, 2.24) is 15.1 Å². The van der Waals surface area contributed by atoms with Gasteiger partial charge in [0.1, 0.15) is 15.8 Å². The Bertz CT molecular complexity index is 760. The van der Waals surface area contributed by atoms with Crippen LogP contribution >= 0.6 is 11.3 Å². The van der Waals surface area contributed by atoms with Gasteiger partial charge in [-0.15, -0.1) is 21.5 Å². The zero-order valence-corrected chi connectivity index (χ0v) is 16.7. The lowest BCUT2D eigenvalue weighted by atomic mass is 9.96. The SMILES string of the molecule is COc1ccc(Cc2nnc(C3CCN(C(=O)C4CCCC4)CC3)s2)cc1. The minimum Gasteiger partial charge on any atom is -0.497 e. The zero-order valence-electron chi connectivity index (χ0n) is 15.9. The number of aromatic nitrogens is 2. The summed E-state index contributed by atoms with van der Waals surface area (Å²) in [4.78, 5) is 14.7. The summed E-state index contributed by atoms with van der Waals surface area (Å²) in [6.45, 7) is 1.74. The van der Waals surface area contributed by atoms with Crippen LogP contribution in [-0.2, 0) is 11.2 Å². The highest BCUT2D eigenvalue weighted by molar-refractivity contribution is 7.11. The fourth-order valence-electron chi connectivity index (χ4n) is 4.20. The summed E-state index contributed by atoms with van der Waals surface area (Å²) in [7, 11) is 1.68. The number of carbonyl (C=O) groups is 1. The molecule has 0 atom stereocenters. The smallest absolute Gasteiger partial charge is 0.225 e. The van der Waals surface area contributed by atoms with Gasteiger partial charge >= 0.3 is 0 Å². The summed E-state index contributed by atoms with van der Waals surface area (Å²) in [6.07, 6.45) is 7.43. The lowest BCUT2D eigenvalue weighted by molar-refractivity contribution is -0.136. The van der Waals surface area contributed by atoms with E-state index in [9.17, 15) is 4.79 Å². The normalized spacial score (nSPS) is 18.8. The predicted octanol–water partition coefficient (Wildman–Crippen LogP) is 4.03. The maximum absolute atomic E-state index is 12.6. The van der Waals surface area contributed by atoms with Gasteiger partial charge < -0.3 is 9.64 Å². The van der Waals surface area contributed by atoms with Crippen LogP contribution in [0.4, 0.5) is 0 Å². The number of hydrogen-bond donors (Lipinski definition) is 0. The maximum atomic E-state index is 12.6. The number of benzene rings is 1. The summed E-state index contributed by atoms with van der Waals surface area (Å²) in [5, 5.41) is 11.0. The molecule has 0 unspecified atom stereocenters. The van der Waals surface area contributed by atoms with Gasteiger partial charge in [-0.1, -0.05) is 25.0 Å². The van der Waals surface area contributed by atoms with E-state index in [0.29, 0.717) is 17.7 Å². The summed E-state index contributed by atoms with van der Waals surface area (Å²) in [5.74, 6) is 2.00. The van der Waals surface area contributed by atoms with Crippen molar-refractivity contribution in [3.63, 3.8) is 0 Å². The first-order valence-electron chi connectivity index (χ1n) is 9.97. The van der Waals surface area contributed by atoms with Gasteiger partial charge in [0.15, 0.2) is 0 Å². The van der Waals surface area contributed by atoms with Crippen molar-refractivity contribution in [2.45, 2.75) is 50.9 Å². The molecule has 2 fully saturated rings. The van der Waals surface area contributed by atoms with Crippen LogP contribution in [0.1, 0.15) is 60.0 Å². The van der Waals surface area contributed by atoms with Crippen molar-refractivity contribution < 1.29 is 9.53 Å². The van der Waals surface area contributed by atoms with Crippen molar-refractivity contribution in [3.8, 4) is 5.75 Å². The summed E-state index contributed by atoms with van der Waals surface area (Å²) >= 11 is 1.72. The van der Waals surface area contributed by atoms with Crippen LogP contribution in [0.15, 0.2) is 24.3 Å². The molecule has 2 aliphatic rings. The highest BCUT2D eigenvalue weighted by Crippen LogP contribution is 2.33. The number of ether oxygens (including phenoxy) is 1. The first kappa shape index (κ1) is 18.4. The number of rotatable bonds is 5. The molecule has 6 heteroatoms. The highest BCUT2D eigenvalue weighted by Gasteiger charge is 2.31. The van der Waals surface area contributed by atoms with Crippen molar-refractivity contribution in [3.05, 3.63) is 39.8 Å². The molecule has 1 saturated heterocycles. The quantitative estimate of drug-likeness (QED) is 0.780. The number of methoxy groups -OCH3 is 1. The van der Waals surface area contributed by atoms with Gasteiger partial charge in [0, 0.05) is 31.3 Å². The van der Waals surface area contributed by atoms with Crippen molar-refractivity contribution in [2.24, 2.45) is 5.92 Å². The Morgan fingerprint density at radius 1 is 1.11 bits per heavy atom. The van der Waals surface area contributed by atoms with Gasteiger partial charge in [-0.3, -0.25) is 4.79 Å². The van der Waals surface area contributed by atoms with Gasteiger partial charge in [0.2, 0.25) is 5.91 Å². The molecule has 1 saturated carbocycles. The molecule has 1 aromatic heterocycles. The number of hydrogen-bond acceptors (Lipinski definition) is 5. The van der Waals surface area contributed by atoms with Gasteiger partial charge in [-0.2, -0.15) is 0 Å². The van der Waals surface area contributed by atoms with Crippen LogP contribution in [0, 0.1) is 5.92 Å². The van der Waals surface area contributed by atoms with Crippen molar-refractivity contribution in [2.75, 3.05) is 20.2 Å². The minimum absolute atomic E-state index is 0.291. The van der Waals surface area contributed by atoms with Crippen LogP contribution in [-0.4, -0.2) is 41.2 Å². The first-order valence-corrected chi connectivity index (χ1v) is 10.8. The molecule has 0 N–H and O–H groups in total. The number of likely N-dealkylation sites (tertiary alicyclic amines) is 1. The Labute approximate surface area is 164 Å². The Hall–Kier alpha value is -1.95. The van der Waals surface area contributed by atoms with Crippen LogP contribution in [0.5, 0.6) is 5.75 Å². The monoisotopic (exact) mass is 385 g/mol. The molecule has 27 heavy (non-hydrogen) atoms. The van der Waals surface area contributed by atoms with Gasteiger partial charge in [0.05, 0.1) is 7.11 Å². The zero-order chi connectivity index (χ0) is 18.6. The molecule has 2 heterocycles. The van der Waals surface area contributed by atoms with Crippen LogP contribution < -0.4 is 4.74 Å². The minimum atomic E-state index is 0.291. The molecule has 144 valence electrons. The van der Waals surface area contributed by atoms with E-state index in [1.54, 1.807) is 18.4 Å².